The average Bonchev–Trinajstić information content (AvgIpc) is 2.84. The molecule has 0 aromatic heterocycles. The maximum atomic E-state index is 13.2. The van der Waals surface area contributed by atoms with E-state index in [0.29, 0.717) is 49.9 Å². The number of amides is 2. The third-order valence-electron chi connectivity index (χ3n) is 6.04. The van der Waals surface area contributed by atoms with E-state index in [4.69, 9.17) is 21.1 Å². The van der Waals surface area contributed by atoms with Crippen LogP contribution in [0.5, 0.6) is 5.75 Å². The van der Waals surface area contributed by atoms with Crippen molar-refractivity contribution in [3.05, 3.63) is 65.2 Å². The Morgan fingerprint density at radius 2 is 1.67 bits per heavy atom. The maximum absolute atomic E-state index is 13.2. The van der Waals surface area contributed by atoms with Gasteiger partial charge in [0.1, 0.15) is 12.4 Å². The molecule has 0 saturated carbocycles. The van der Waals surface area contributed by atoms with E-state index >= 15 is 0 Å². The molecule has 0 bridgehead atoms. The van der Waals surface area contributed by atoms with Crippen LogP contribution >= 0.6 is 11.6 Å². The van der Waals surface area contributed by atoms with Crippen LogP contribution < -0.4 is 4.74 Å². The largest absolute Gasteiger partial charge is 0.492 e. The lowest BCUT2D eigenvalue weighted by Crippen LogP contribution is -2.49. The lowest BCUT2D eigenvalue weighted by molar-refractivity contribution is -0.159. The SMILES string of the molecule is CC(=O)N1CCC(C(=O)OCC(=O)N(C)CCOc2ccc(Cl)cc2)(c2ccccc2)CC1. The Morgan fingerprint density at radius 1 is 1.03 bits per heavy atom. The Balaban J connectivity index is 1.55. The Labute approximate surface area is 199 Å². The summed E-state index contributed by atoms with van der Waals surface area (Å²) in [4.78, 5) is 40.7. The molecule has 3 rings (SSSR count). The predicted octanol–water partition coefficient (Wildman–Crippen LogP) is 3.30. The van der Waals surface area contributed by atoms with E-state index in [-0.39, 0.29) is 18.4 Å². The van der Waals surface area contributed by atoms with Gasteiger partial charge in [-0.2, -0.15) is 0 Å². The molecule has 1 aliphatic heterocycles. The zero-order chi connectivity index (χ0) is 23.8. The van der Waals surface area contributed by atoms with Crippen molar-refractivity contribution in [3.8, 4) is 5.75 Å². The third kappa shape index (κ3) is 6.26. The molecule has 0 unspecified atom stereocenters. The van der Waals surface area contributed by atoms with Crippen LogP contribution in [-0.4, -0.2) is 67.5 Å². The zero-order valence-electron chi connectivity index (χ0n) is 19.0. The fourth-order valence-electron chi connectivity index (χ4n) is 3.90. The number of likely N-dealkylation sites (tertiary alicyclic amines) is 1. The fraction of sp³-hybridized carbons (Fsp3) is 0.400. The maximum Gasteiger partial charge on any atom is 0.317 e. The van der Waals surface area contributed by atoms with Gasteiger partial charge in [-0.1, -0.05) is 41.9 Å². The van der Waals surface area contributed by atoms with E-state index in [1.165, 1.54) is 11.8 Å². The third-order valence-corrected chi connectivity index (χ3v) is 6.29. The molecule has 0 aliphatic carbocycles. The number of halogens is 1. The van der Waals surface area contributed by atoms with Crippen molar-refractivity contribution in [2.75, 3.05) is 39.9 Å². The van der Waals surface area contributed by atoms with Gasteiger partial charge in [0.2, 0.25) is 5.91 Å². The Morgan fingerprint density at radius 3 is 2.27 bits per heavy atom. The van der Waals surface area contributed by atoms with Gasteiger partial charge in [0.15, 0.2) is 6.61 Å². The first kappa shape index (κ1) is 24.6. The van der Waals surface area contributed by atoms with Gasteiger partial charge in [0.25, 0.3) is 5.91 Å². The van der Waals surface area contributed by atoms with Gasteiger partial charge in [-0.15, -0.1) is 0 Å². The van der Waals surface area contributed by atoms with Crippen molar-refractivity contribution >= 4 is 29.4 Å². The minimum Gasteiger partial charge on any atom is -0.492 e. The van der Waals surface area contributed by atoms with Crippen LogP contribution in [0, 0.1) is 0 Å². The first-order chi connectivity index (χ1) is 15.8. The summed E-state index contributed by atoms with van der Waals surface area (Å²) in [5, 5.41) is 0.622. The van der Waals surface area contributed by atoms with Crippen molar-refractivity contribution in [1.82, 2.24) is 9.80 Å². The van der Waals surface area contributed by atoms with Crippen molar-refractivity contribution in [2.24, 2.45) is 0 Å². The number of likely N-dealkylation sites (N-methyl/N-ethyl adjacent to an activating group) is 1. The minimum absolute atomic E-state index is 0.0114. The van der Waals surface area contributed by atoms with Crippen molar-refractivity contribution in [2.45, 2.75) is 25.2 Å². The average molecular weight is 473 g/mol. The first-order valence-electron chi connectivity index (χ1n) is 10.9. The summed E-state index contributed by atoms with van der Waals surface area (Å²) < 4.78 is 11.1. The molecular formula is C25H29ClN2O5. The van der Waals surface area contributed by atoms with Crippen LogP contribution in [0.25, 0.3) is 0 Å². The van der Waals surface area contributed by atoms with Crippen molar-refractivity contribution in [3.63, 3.8) is 0 Å². The number of nitrogens with zero attached hydrogens (tertiary/aromatic N) is 2. The summed E-state index contributed by atoms with van der Waals surface area (Å²) in [5.74, 6) is -0.0976. The Bertz CT molecular complexity index is 957. The summed E-state index contributed by atoms with van der Waals surface area (Å²) in [5.41, 5.74) is -0.0283. The van der Waals surface area contributed by atoms with Crippen LogP contribution in [0.1, 0.15) is 25.3 Å². The molecule has 0 atom stereocenters. The van der Waals surface area contributed by atoms with Gasteiger partial charge in [-0.25, -0.2) is 0 Å². The molecule has 1 heterocycles. The highest BCUT2D eigenvalue weighted by molar-refractivity contribution is 6.30. The zero-order valence-corrected chi connectivity index (χ0v) is 19.7. The molecule has 1 fully saturated rings. The number of carbonyl (C=O) groups excluding carboxylic acids is 3. The van der Waals surface area contributed by atoms with Crippen LogP contribution in [-0.2, 0) is 24.5 Å². The Kier molecular flexibility index (Phi) is 8.33. The number of rotatable bonds is 8. The van der Waals surface area contributed by atoms with Gasteiger partial charge in [-0.3, -0.25) is 14.4 Å². The minimum atomic E-state index is -0.871. The summed E-state index contributed by atoms with van der Waals surface area (Å²) in [6, 6.07) is 16.4. The molecule has 0 N–H and O–H groups in total. The van der Waals surface area contributed by atoms with E-state index in [0.717, 1.165) is 5.56 Å². The fourth-order valence-corrected chi connectivity index (χ4v) is 4.03. The van der Waals surface area contributed by atoms with E-state index in [2.05, 4.69) is 0 Å². The number of piperidine rings is 1. The number of hydrogen-bond acceptors (Lipinski definition) is 5. The summed E-state index contributed by atoms with van der Waals surface area (Å²) in [6.07, 6.45) is 0.906. The van der Waals surface area contributed by atoms with Crippen LogP contribution in [0.3, 0.4) is 0 Å². The number of carbonyl (C=O) groups is 3. The van der Waals surface area contributed by atoms with Crippen LogP contribution in [0.15, 0.2) is 54.6 Å². The first-order valence-corrected chi connectivity index (χ1v) is 11.3. The molecular weight excluding hydrogens is 444 g/mol. The molecule has 0 radical (unpaired) electrons. The second kappa shape index (κ2) is 11.2. The van der Waals surface area contributed by atoms with E-state index in [1.807, 2.05) is 30.3 Å². The standard InChI is InChI=1S/C25H29ClN2O5/c1-19(29)28-14-12-25(13-15-28,20-6-4-3-5-7-20)24(31)33-18-23(30)27(2)16-17-32-22-10-8-21(26)9-11-22/h3-11H,12-18H2,1-2H3. The number of ether oxygens (including phenoxy) is 2. The second-order valence-electron chi connectivity index (χ2n) is 8.15. The van der Waals surface area contributed by atoms with Crippen molar-refractivity contribution < 1.29 is 23.9 Å². The monoisotopic (exact) mass is 472 g/mol. The molecule has 33 heavy (non-hydrogen) atoms. The molecule has 0 spiro atoms. The summed E-state index contributed by atoms with van der Waals surface area (Å²) in [7, 11) is 1.64. The Hall–Kier alpha value is -3.06. The van der Waals surface area contributed by atoms with Gasteiger partial charge in [0.05, 0.1) is 12.0 Å². The number of hydrogen-bond donors (Lipinski definition) is 0. The summed E-state index contributed by atoms with van der Waals surface area (Å²) >= 11 is 5.86. The molecule has 176 valence electrons. The normalized spacial score (nSPS) is 14.9. The lowest BCUT2D eigenvalue weighted by atomic mass is 9.72. The molecule has 2 aromatic rings. The highest BCUT2D eigenvalue weighted by Gasteiger charge is 2.45. The van der Waals surface area contributed by atoms with E-state index in [9.17, 15) is 14.4 Å². The molecule has 1 aliphatic rings. The van der Waals surface area contributed by atoms with Crippen molar-refractivity contribution in [1.29, 1.82) is 0 Å². The van der Waals surface area contributed by atoms with Gasteiger partial charge < -0.3 is 19.3 Å². The smallest absolute Gasteiger partial charge is 0.317 e. The molecule has 2 amide bonds. The highest BCUT2D eigenvalue weighted by atomic mass is 35.5. The van der Waals surface area contributed by atoms with Gasteiger partial charge >= 0.3 is 5.97 Å². The summed E-state index contributed by atoms with van der Waals surface area (Å²) in [6.45, 7) is 2.76. The van der Waals surface area contributed by atoms with E-state index in [1.54, 1.807) is 36.2 Å². The number of benzene rings is 2. The topological polar surface area (TPSA) is 76.2 Å². The van der Waals surface area contributed by atoms with E-state index < -0.39 is 11.4 Å². The molecule has 8 heteroatoms. The van der Waals surface area contributed by atoms with Crippen LogP contribution in [0.2, 0.25) is 5.02 Å². The quantitative estimate of drug-likeness (QED) is 0.551. The van der Waals surface area contributed by atoms with Gasteiger partial charge in [0, 0.05) is 32.1 Å². The molecule has 1 saturated heterocycles. The van der Waals surface area contributed by atoms with Crippen LogP contribution in [0.4, 0.5) is 0 Å². The highest BCUT2D eigenvalue weighted by Crippen LogP contribution is 2.37. The van der Waals surface area contributed by atoms with Gasteiger partial charge in [-0.05, 0) is 42.7 Å². The lowest BCUT2D eigenvalue weighted by Gasteiger charge is -2.40. The number of esters is 1. The molecule has 7 nitrogen and oxygen atoms in total. The predicted molar refractivity (Wildman–Crippen MR) is 125 cm³/mol. The molecule has 2 aromatic carbocycles. The second-order valence-corrected chi connectivity index (χ2v) is 8.58.